The zero-order valence-electron chi connectivity index (χ0n) is 17.2. The van der Waals surface area contributed by atoms with Gasteiger partial charge in [0, 0.05) is 18.5 Å². The minimum absolute atomic E-state index is 0.0139. The molecule has 0 fully saturated rings. The van der Waals surface area contributed by atoms with E-state index in [0.29, 0.717) is 24.6 Å². The first-order valence-corrected chi connectivity index (χ1v) is 10.3. The van der Waals surface area contributed by atoms with E-state index in [4.69, 9.17) is 23.3 Å². The molecule has 0 saturated carbocycles. The second-order valence-corrected chi connectivity index (χ2v) is 7.38. The number of aryl methyl sites for hydroxylation is 1. The van der Waals surface area contributed by atoms with Gasteiger partial charge in [-0.15, -0.1) is 0 Å². The summed E-state index contributed by atoms with van der Waals surface area (Å²) < 4.78 is 1.68. The van der Waals surface area contributed by atoms with Gasteiger partial charge in [0.15, 0.2) is 16.7 Å². The summed E-state index contributed by atoms with van der Waals surface area (Å²) in [6, 6.07) is 15.4. The summed E-state index contributed by atoms with van der Waals surface area (Å²) in [5, 5.41) is 13.3. The zero-order chi connectivity index (χ0) is 22.4. The molecule has 3 rings (SSSR count). The van der Waals surface area contributed by atoms with Crippen LogP contribution in [0, 0.1) is 0 Å². The van der Waals surface area contributed by atoms with Crippen LogP contribution in [0.4, 0.5) is 0 Å². The van der Waals surface area contributed by atoms with Crippen molar-refractivity contribution in [2.45, 2.75) is 32.7 Å². The molecule has 0 atom stereocenters. The maximum atomic E-state index is 11.7. The average Bonchev–Trinajstić information content (AvgIpc) is 3.09. The lowest BCUT2D eigenvalue weighted by molar-refractivity contribution is 0.0685. The summed E-state index contributed by atoms with van der Waals surface area (Å²) in [5.74, 6) is 10.9. The Balaban J connectivity index is 1.94. The molecular formula is C22H25ClN6O2. The van der Waals surface area contributed by atoms with Crippen molar-refractivity contribution in [3.05, 3.63) is 76.3 Å². The number of rotatable bonds is 8. The number of nitrogens with two attached hydrogens (primary N) is 2. The van der Waals surface area contributed by atoms with Gasteiger partial charge < -0.3 is 20.9 Å². The van der Waals surface area contributed by atoms with E-state index >= 15 is 0 Å². The highest BCUT2D eigenvalue weighted by Gasteiger charge is 2.21. The number of hydrogen-bond acceptors (Lipinski definition) is 5. The number of halogens is 1. The molecule has 0 bridgehead atoms. The number of carboxylic acids is 1. The molecule has 0 spiro atoms. The fourth-order valence-electron chi connectivity index (χ4n) is 3.46. The standard InChI is InChI=1S/C22H25ClN6O2/c1-2-3-8-18-26-20(23)19(22(30)31)29(18)13-14-9-11-15(12-10-14)16-6-4-5-7-17(16)21(27-24)28-25/h4-7,9-12H,2-3,8,13,24-25H2,1H3,(H,27,28)(H,30,31). The first kappa shape index (κ1) is 22.3. The zero-order valence-corrected chi connectivity index (χ0v) is 17.9. The van der Waals surface area contributed by atoms with E-state index < -0.39 is 5.97 Å². The van der Waals surface area contributed by atoms with Crippen molar-refractivity contribution in [1.82, 2.24) is 15.0 Å². The van der Waals surface area contributed by atoms with Crippen molar-refractivity contribution in [2.24, 2.45) is 16.8 Å². The number of hydrogen-bond donors (Lipinski definition) is 4. The lowest BCUT2D eigenvalue weighted by Crippen LogP contribution is -2.32. The van der Waals surface area contributed by atoms with Crippen molar-refractivity contribution in [2.75, 3.05) is 0 Å². The summed E-state index contributed by atoms with van der Waals surface area (Å²) in [7, 11) is 0. The number of nitrogens with one attached hydrogen (secondary N) is 1. The van der Waals surface area contributed by atoms with Gasteiger partial charge >= 0.3 is 5.97 Å². The third kappa shape index (κ3) is 4.87. The molecule has 31 heavy (non-hydrogen) atoms. The Labute approximate surface area is 185 Å². The third-order valence-electron chi connectivity index (χ3n) is 5.01. The van der Waals surface area contributed by atoms with Gasteiger partial charge in [-0.3, -0.25) is 0 Å². The van der Waals surface area contributed by atoms with Gasteiger partial charge in [-0.1, -0.05) is 73.5 Å². The van der Waals surface area contributed by atoms with E-state index in [1.54, 1.807) is 4.57 Å². The number of imidazole rings is 1. The Bertz CT molecular complexity index is 1090. The molecule has 1 heterocycles. The molecule has 1 aromatic heterocycles. The fourth-order valence-corrected chi connectivity index (χ4v) is 3.75. The van der Waals surface area contributed by atoms with E-state index in [9.17, 15) is 9.90 Å². The monoisotopic (exact) mass is 440 g/mol. The number of benzene rings is 2. The van der Waals surface area contributed by atoms with Crippen molar-refractivity contribution < 1.29 is 9.90 Å². The van der Waals surface area contributed by atoms with Crippen molar-refractivity contribution in [3.63, 3.8) is 0 Å². The number of hydrazine groups is 1. The minimum Gasteiger partial charge on any atom is -0.476 e. The Hall–Kier alpha value is -3.36. The van der Waals surface area contributed by atoms with Crippen LogP contribution in [0.25, 0.3) is 11.1 Å². The van der Waals surface area contributed by atoms with Crippen molar-refractivity contribution in [1.29, 1.82) is 0 Å². The molecule has 0 aliphatic rings. The lowest BCUT2D eigenvalue weighted by Gasteiger charge is -2.13. The molecule has 8 nitrogen and oxygen atoms in total. The summed E-state index contributed by atoms with van der Waals surface area (Å²) in [6.45, 7) is 2.44. The Morgan fingerprint density at radius 3 is 2.55 bits per heavy atom. The fraction of sp³-hybridized carbons (Fsp3) is 0.227. The first-order chi connectivity index (χ1) is 15.0. The largest absolute Gasteiger partial charge is 0.476 e. The number of carboxylic acid groups (broad SMARTS) is 1. The molecule has 0 saturated heterocycles. The molecule has 162 valence electrons. The second-order valence-electron chi connectivity index (χ2n) is 7.03. The second kappa shape index (κ2) is 10.1. The van der Waals surface area contributed by atoms with Gasteiger partial charge in [0.05, 0.1) is 0 Å². The lowest BCUT2D eigenvalue weighted by atomic mass is 9.98. The van der Waals surface area contributed by atoms with E-state index in [0.717, 1.165) is 35.1 Å². The number of amidine groups is 1. The highest BCUT2D eigenvalue weighted by molar-refractivity contribution is 6.32. The van der Waals surface area contributed by atoms with Crippen LogP contribution < -0.4 is 17.1 Å². The normalized spacial score (nSPS) is 11.5. The van der Waals surface area contributed by atoms with Gasteiger partial charge in [-0.25, -0.2) is 15.6 Å². The summed E-state index contributed by atoms with van der Waals surface area (Å²) in [6.07, 6.45) is 2.55. The average molecular weight is 441 g/mol. The highest BCUT2D eigenvalue weighted by atomic mass is 35.5. The van der Waals surface area contributed by atoms with E-state index in [1.165, 1.54) is 0 Å². The molecular weight excluding hydrogens is 416 g/mol. The highest BCUT2D eigenvalue weighted by Crippen LogP contribution is 2.26. The first-order valence-electron chi connectivity index (χ1n) is 9.91. The SMILES string of the molecule is CCCCc1nc(Cl)c(C(=O)O)n1Cc1ccc(-c2ccccc2/C(=N/N)NN)cc1. The molecule has 0 aliphatic heterocycles. The molecule has 0 amide bonds. The summed E-state index contributed by atoms with van der Waals surface area (Å²) in [4.78, 5) is 16.0. The van der Waals surface area contributed by atoms with E-state index in [2.05, 4.69) is 22.4 Å². The molecule has 3 aromatic rings. The van der Waals surface area contributed by atoms with Crippen molar-refractivity contribution >= 4 is 23.4 Å². The quantitative estimate of drug-likeness (QED) is 0.184. The minimum atomic E-state index is -1.09. The Morgan fingerprint density at radius 1 is 1.23 bits per heavy atom. The van der Waals surface area contributed by atoms with Crippen LogP contribution in [0.15, 0.2) is 53.6 Å². The van der Waals surface area contributed by atoms with Crippen LogP contribution in [-0.2, 0) is 13.0 Å². The molecule has 9 heteroatoms. The number of aromatic nitrogens is 2. The van der Waals surface area contributed by atoms with Crippen LogP contribution in [0.3, 0.4) is 0 Å². The van der Waals surface area contributed by atoms with Crippen LogP contribution in [0.2, 0.25) is 5.15 Å². The van der Waals surface area contributed by atoms with Gasteiger partial charge in [-0.2, -0.15) is 5.10 Å². The summed E-state index contributed by atoms with van der Waals surface area (Å²) >= 11 is 6.12. The maximum Gasteiger partial charge on any atom is 0.355 e. The predicted molar refractivity (Wildman–Crippen MR) is 122 cm³/mol. The van der Waals surface area contributed by atoms with E-state index in [1.807, 2.05) is 48.5 Å². The third-order valence-corrected chi connectivity index (χ3v) is 5.28. The van der Waals surface area contributed by atoms with Crippen molar-refractivity contribution in [3.8, 4) is 11.1 Å². The van der Waals surface area contributed by atoms with Crippen LogP contribution >= 0.6 is 11.6 Å². The van der Waals surface area contributed by atoms with Crippen LogP contribution in [0.1, 0.15) is 47.2 Å². The molecule has 0 radical (unpaired) electrons. The Morgan fingerprint density at radius 2 is 1.94 bits per heavy atom. The van der Waals surface area contributed by atoms with Crippen LogP contribution in [0.5, 0.6) is 0 Å². The van der Waals surface area contributed by atoms with E-state index in [-0.39, 0.29) is 10.8 Å². The number of nitrogens with zero attached hydrogens (tertiary/aromatic N) is 3. The van der Waals surface area contributed by atoms with Gasteiger partial charge in [-0.05, 0) is 23.1 Å². The summed E-state index contributed by atoms with van der Waals surface area (Å²) in [5.41, 5.74) is 6.09. The number of carbonyl (C=O) groups is 1. The van der Waals surface area contributed by atoms with Gasteiger partial charge in [0.1, 0.15) is 5.82 Å². The Kier molecular flexibility index (Phi) is 7.28. The van der Waals surface area contributed by atoms with Crippen LogP contribution in [-0.4, -0.2) is 26.5 Å². The van der Waals surface area contributed by atoms with Gasteiger partial charge in [0.25, 0.3) is 0 Å². The topological polar surface area (TPSA) is 132 Å². The van der Waals surface area contributed by atoms with Gasteiger partial charge in [0.2, 0.25) is 0 Å². The molecule has 0 unspecified atom stereocenters. The molecule has 6 N–H and O–H groups in total. The predicted octanol–water partition coefficient (Wildman–Crippen LogP) is 3.38. The number of aromatic carboxylic acids is 1. The maximum absolute atomic E-state index is 11.7. The molecule has 2 aromatic carbocycles. The molecule has 0 aliphatic carbocycles. The smallest absolute Gasteiger partial charge is 0.355 e. The number of unbranched alkanes of at least 4 members (excludes halogenated alkanes) is 1. The number of hydrazone groups is 1.